The highest BCUT2D eigenvalue weighted by atomic mass is 16.3. The van der Waals surface area contributed by atoms with Crippen LogP contribution in [0.3, 0.4) is 0 Å². The minimum Gasteiger partial charge on any atom is -0.505 e. The van der Waals surface area contributed by atoms with Crippen LogP contribution in [0, 0.1) is 6.92 Å². The summed E-state index contributed by atoms with van der Waals surface area (Å²) < 4.78 is 0. The number of nitrogens with one attached hydrogen (secondary N) is 1. The summed E-state index contributed by atoms with van der Waals surface area (Å²) in [6.45, 7) is 1.69. The number of aromatic hydroxyl groups is 1. The highest BCUT2D eigenvalue weighted by Crippen LogP contribution is 2.38. The Bertz CT molecular complexity index is 1490. The maximum absolute atomic E-state index is 13.0. The van der Waals surface area contributed by atoms with Gasteiger partial charge in [-0.25, -0.2) is 5.43 Å². The molecule has 0 saturated carbocycles. The topological polar surface area (TPSA) is 115 Å². The Labute approximate surface area is 201 Å². The maximum atomic E-state index is 13.0. The number of aliphatic hydroxyl groups excluding tert-OH is 1. The lowest BCUT2D eigenvalue weighted by Gasteiger charge is -2.18. The van der Waals surface area contributed by atoms with Gasteiger partial charge in [0.25, 0.3) is 11.8 Å². The molecule has 8 heteroatoms. The summed E-state index contributed by atoms with van der Waals surface area (Å²) in [7, 11) is 0. The van der Waals surface area contributed by atoms with Crippen LogP contribution in [0.4, 0.5) is 5.69 Å². The second-order valence-electron chi connectivity index (χ2n) is 8.26. The fourth-order valence-electron chi connectivity index (χ4n) is 4.22. The Morgan fingerprint density at radius 1 is 1.11 bits per heavy atom. The first kappa shape index (κ1) is 22.2. The summed E-state index contributed by atoms with van der Waals surface area (Å²) in [5.74, 6) is -0.573. The fourth-order valence-corrected chi connectivity index (χ4v) is 4.22. The van der Waals surface area contributed by atoms with E-state index in [9.17, 15) is 19.8 Å². The second kappa shape index (κ2) is 9.00. The number of benzene rings is 3. The Morgan fingerprint density at radius 3 is 2.60 bits per heavy atom. The van der Waals surface area contributed by atoms with Crippen molar-refractivity contribution in [2.75, 3.05) is 4.90 Å². The van der Waals surface area contributed by atoms with E-state index >= 15 is 0 Å². The van der Waals surface area contributed by atoms with Gasteiger partial charge in [-0.05, 0) is 42.1 Å². The highest BCUT2D eigenvalue weighted by Gasteiger charge is 2.29. The van der Waals surface area contributed by atoms with Crippen molar-refractivity contribution in [3.8, 4) is 5.75 Å². The Hall–Kier alpha value is -4.56. The molecule has 0 aliphatic carbocycles. The number of hydrogen-bond acceptors (Lipinski definition) is 6. The average molecular weight is 466 g/mol. The van der Waals surface area contributed by atoms with E-state index in [4.69, 9.17) is 0 Å². The van der Waals surface area contributed by atoms with E-state index in [1.807, 2.05) is 36.4 Å². The molecule has 1 aromatic heterocycles. The molecule has 8 nitrogen and oxygen atoms in total. The van der Waals surface area contributed by atoms with E-state index in [0.29, 0.717) is 34.5 Å². The molecule has 0 radical (unpaired) electrons. The first-order valence-electron chi connectivity index (χ1n) is 11.0. The van der Waals surface area contributed by atoms with Gasteiger partial charge in [0.2, 0.25) is 0 Å². The molecule has 1 aliphatic rings. The van der Waals surface area contributed by atoms with Crippen molar-refractivity contribution < 1.29 is 19.8 Å². The van der Waals surface area contributed by atoms with Gasteiger partial charge in [-0.2, -0.15) is 5.10 Å². The van der Waals surface area contributed by atoms with Crippen LogP contribution in [0.1, 0.15) is 43.1 Å². The van der Waals surface area contributed by atoms with Gasteiger partial charge in [0.1, 0.15) is 5.75 Å². The van der Waals surface area contributed by atoms with Crippen molar-refractivity contribution >= 4 is 34.5 Å². The number of nitrogens with zero attached hydrogens (tertiary/aromatic N) is 3. The molecule has 3 aromatic carbocycles. The molecule has 174 valence electrons. The summed E-state index contributed by atoms with van der Waals surface area (Å²) >= 11 is 0. The number of hydrogen-bond donors (Lipinski definition) is 3. The van der Waals surface area contributed by atoms with Crippen molar-refractivity contribution in [2.45, 2.75) is 20.1 Å². The minimum absolute atomic E-state index is 0.0372. The molecular weight excluding hydrogens is 444 g/mol. The molecule has 1 aliphatic heterocycles. The zero-order chi connectivity index (χ0) is 24.5. The number of anilines is 1. The molecule has 0 bridgehead atoms. The summed E-state index contributed by atoms with van der Waals surface area (Å²) in [6.07, 6.45) is 2.72. The molecule has 0 spiro atoms. The van der Waals surface area contributed by atoms with Crippen molar-refractivity contribution in [1.29, 1.82) is 0 Å². The lowest BCUT2D eigenvalue weighted by molar-refractivity contribution is 0.0953. The number of aromatic nitrogens is 1. The van der Waals surface area contributed by atoms with E-state index in [2.05, 4.69) is 15.5 Å². The monoisotopic (exact) mass is 466 g/mol. The Balaban J connectivity index is 1.28. The summed E-state index contributed by atoms with van der Waals surface area (Å²) in [6, 6.07) is 18.6. The molecule has 0 fully saturated rings. The number of amides is 2. The predicted octanol–water partition coefficient (Wildman–Crippen LogP) is 3.67. The Morgan fingerprint density at radius 2 is 1.86 bits per heavy atom. The molecular formula is C27H22N4O4. The van der Waals surface area contributed by atoms with Gasteiger partial charge in [0, 0.05) is 33.8 Å². The zero-order valence-corrected chi connectivity index (χ0v) is 18.9. The van der Waals surface area contributed by atoms with Crippen LogP contribution in [0.15, 0.2) is 72.0 Å². The van der Waals surface area contributed by atoms with E-state index in [0.717, 1.165) is 22.0 Å². The van der Waals surface area contributed by atoms with Crippen LogP contribution in [0.5, 0.6) is 5.75 Å². The number of aliphatic hydroxyl groups is 1. The molecule has 4 aromatic rings. The quantitative estimate of drug-likeness (QED) is 0.296. The van der Waals surface area contributed by atoms with E-state index in [1.165, 1.54) is 12.4 Å². The number of pyridine rings is 1. The average Bonchev–Trinajstić information content (AvgIpc) is 3.15. The van der Waals surface area contributed by atoms with Crippen LogP contribution in [-0.4, -0.2) is 33.2 Å². The first-order chi connectivity index (χ1) is 17.0. The predicted molar refractivity (Wildman–Crippen MR) is 133 cm³/mol. The van der Waals surface area contributed by atoms with Crippen LogP contribution in [0.2, 0.25) is 0 Å². The van der Waals surface area contributed by atoms with Crippen LogP contribution in [-0.2, 0) is 13.2 Å². The summed E-state index contributed by atoms with van der Waals surface area (Å²) in [4.78, 5) is 31.2. The molecule has 2 heterocycles. The lowest BCUT2D eigenvalue weighted by Crippen LogP contribution is -2.26. The Kier molecular flexibility index (Phi) is 5.72. The zero-order valence-electron chi connectivity index (χ0n) is 18.9. The molecule has 0 atom stereocenters. The SMILES string of the molecule is Cc1ncc(CO)c(C=NNC(=O)c2ccc(CN3C(=O)c4cccc5cccc3c45)cc2)c1O. The smallest absolute Gasteiger partial charge is 0.271 e. The van der Waals surface area contributed by atoms with Crippen molar-refractivity contribution in [3.63, 3.8) is 0 Å². The molecule has 3 N–H and O–H groups in total. The first-order valence-corrected chi connectivity index (χ1v) is 11.0. The van der Waals surface area contributed by atoms with Crippen LogP contribution < -0.4 is 10.3 Å². The molecule has 0 unspecified atom stereocenters. The number of aryl methyl sites for hydroxylation is 1. The van der Waals surface area contributed by atoms with Crippen LogP contribution >= 0.6 is 0 Å². The third kappa shape index (κ3) is 4.00. The molecule has 0 saturated heterocycles. The van der Waals surface area contributed by atoms with Crippen molar-refractivity contribution in [1.82, 2.24) is 10.4 Å². The van der Waals surface area contributed by atoms with Gasteiger partial charge in [0.05, 0.1) is 30.7 Å². The summed E-state index contributed by atoms with van der Waals surface area (Å²) in [5, 5.41) is 25.5. The third-order valence-electron chi connectivity index (χ3n) is 6.09. The van der Waals surface area contributed by atoms with E-state index in [-0.39, 0.29) is 18.3 Å². The van der Waals surface area contributed by atoms with Gasteiger partial charge in [-0.15, -0.1) is 0 Å². The number of carbonyl (C=O) groups is 2. The lowest BCUT2D eigenvalue weighted by atomic mass is 10.1. The van der Waals surface area contributed by atoms with Crippen molar-refractivity contribution in [2.24, 2.45) is 5.10 Å². The summed E-state index contributed by atoms with van der Waals surface area (Å²) in [5.41, 5.74) is 6.36. The van der Waals surface area contributed by atoms with E-state index < -0.39 is 5.91 Å². The largest absolute Gasteiger partial charge is 0.505 e. The number of carbonyl (C=O) groups excluding carboxylic acids is 2. The van der Waals surface area contributed by atoms with Gasteiger partial charge in [-0.1, -0.05) is 36.4 Å². The third-order valence-corrected chi connectivity index (χ3v) is 6.09. The van der Waals surface area contributed by atoms with Crippen LogP contribution in [0.25, 0.3) is 10.8 Å². The number of rotatable bonds is 6. The number of hydrazone groups is 1. The van der Waals surface area contributed by atoms with Gasteiger partial charge in [-0.3, -0.25) is 14.6 Å². The second-order valence-corrected chi connectivity index (χ2v) is 8.26. The molecule has 2 amide bonds. The normalized spacial score (nSPS) is 12.6. The molecule has 5 rings (SSSR count). The maximum Gasteiger partial charge on any atom is 0.271 e. The van der Waals surface area contributed by atoms with Gasteiger partial charge < -0.3 is 15.1 Å². The fraction of sp³-hybridized carbons (Fsp3) is 0.111. The minimum atomic E-state index is -0.432. The standard InChI is InChI=1S/C27H22N4O4/c1-16-25(33)22(20(15-32)12-28-16)13-29-30-26(34)19-10-8-17(9-11-19)14-31-23-7-3-5-18-4-2-6-21(24(18)23)27(31)35/h2-13,32-33H,14-15H2,1H3,(H,30,34). The van der Waals surface area contributed by atoms with Gasteiger partial charge >= 0.3 is 0 Å². The van der Waals surface area contributed by atoms with E-state index in [1.54, 1.807) is 36.1 Å². The molecule has 35 heavy (non-hydrogen) atoms. The van der Waals surface area contributed by atoms with Gasteiger partial charge in [0.15, 0.2) is 0 Å². The highest BCUT2D eigenvalue weighted by molar-refractivity contribution is 6.24. The van der Waals surface area contributed by atoms with Crippen molar-refractivity contribution in [3.05, 3.63) is 100 Å².